The zero-order chi connectivity index (χ0) is 17.9. The number of carbonyl (C=O) groups is 1. The number of carbonyl (C=O) groups excluding carboxylic acids is 1. The van der Waals surface area contributed by atoms with E-state index in [4.69, 9.17) is 9.47 Å². The van der Waals surface area contributed by atoms with E-state index in [1.54, 1.807) is 17.0 Å². The third kappa shape index (κ3) is 3.94. The van der Waals surface area contributed by atoms with Crippen molar-refractivity contribution in [2.45, 2.75) is 19.3 Å². The normalized spacial score (nSPS) is 15.0. The van der Waals surface area contributed by atoms with Crippen molar-refractivity contribution in [1.29, 1.82) is 0 Å². The third-order valence-electron chi connectivity index (χ3n) is 4.64. The van der Waals surface area contributed by atoms with Gasteiger partial charge in [0.15, 0.2) is 0 Å². The zero-order valence-electron chi connectivity index (χ0n) is 14.6. The summed E-state index contributed by atoms with van der Waals surface area (Å²) in [7, 11) is 0. The van der Waals surface area contributed by atoms with E-state index in [0.717, 1.165) is 11.1 Å². The van der Waals surface area contributed by atoms with Gasteiger partial charge in [0.2, 0.25) is 0 Å². The van der Waals surface area contributed by atoms with Crippen LogP contribution in [0.5, 0.6) is 11.5 Å². The van der Waals surface area contributed by atoms with Crippen LogP contribution in [0.3, 0.4) is 0 Å². The fraction of sp³-hybridized carbons (Fsp3) is 0.350. The van der Waals surface area contributed by atoms with E-state index < -0.39 is 0 Å². The summed E-state index contributed by atoms with van der Waals surface area (Å²) in [6.45, 7) is 6.46. The topological polar surface area (TPSA) is 59.0 Å². The highest BCUT2D eigenvalue weighted by Gasteiger charge is 2.24. The second kappa shape index (κ2) is 7.15. The Morgan fingerprint density at radius 1 is 1.00 bits per heavy atom. The molecule has 0 spiro atoms. The van der Waals surface area contributed by atoms with Crippen molar-refractivity contribution in [1.82, 2.24) is 4.90 Å². The van der Waals surface area contributed by atoms with Crippen LogP contribution in [0, 0.1) is 0 Å². The number of aromatic hydroxyl groups is 1. The number of ether oxygens (including phenoxy) is 2. The van der Waals surface area contributed by atoms with Gasteiger partial charge in [0, 0.05) is 18.5 Å². The summed E-state index contributed by atoms with van der Waals surface area (Å²) in [6, 6.07) is 14.8. The number of rotatable bonds is 3. The first-order chi connectivity index (χ1) is 12.0. The zero-order valence-corrected chi connectivity index (χ0v) is 14.6. The maximum Gasteiger partial charge on any atom is 0.415 e. The van der Waals surface area contributed by atoms with E-state index in [9.17, 15) is 9.90 Å². The predicted molar refractivity (Wildman–Crippen MR) is 95.1 cm³/mol. The molecule has 0 unspecified atom stereocenters. The molecule has 2 aromatic rings. The van der Waals surface area contributed by atoms with Crippen molar-refractivity contribution in [2.24, 2.45) is 0 Å². The Bertz CT molecular complexity index is 716. The van der Waals surface area contributed by atoms with Crippen molar-refractivity contribution < 1.29 is 19.4 Å². The first-order valence-corrected chi connectivity index (χ1v) is 8.41. The fourth-order valence-corrected chi connectivity index (χ4v) is 2.90. The number of morpholine rings is 1. The average Bonchev–Trinajstić information content (AvgIpc) is 2.63. The summed E-state index contributed by atoms with van der Waals surface area (Å²) in [5, 5.41) is 9.46. The molecule has 1 aliphatic rings. The van der Waals surface area contributed by atoms with Gasteiger partial charge in [-0.1, -0.05) is 38.1 Å². The van der Waals surface area contributed by atoms with Crippen LogP contribution in [-0.2, 0) is 10.2 Å². The standard InChI is InChI=1S/C20H23NO4/c1-20(2,15-3-7-17(22)8-4-15)16-5-9-18(10-6-16)25-19(23)21-11-13-24-14-12-21/h3-10,22H,11-14H2,1-2H3. The van der Waals surface area contributed by atoms with Crippen LogP contribution in [0.4, 0.5) is 4.79 Å². The number of hydrogen-bond donors (Lipinski definition) is 1. The second-order valence-electron chi connectivity index (χ2n) is 6.66. The maximum atomic E-state index is 12.1. The molecular weight excluding hydrogens is 318 g/mol. The number of amides is 1. The lowest BCUT2D eigenvalue weighted by molar-refractivity contribution is 0.0416. The molecule has 1 fully saturated rings. The first-order valence-electron chi connectivity index (χ1n) is 8.41. The minimum absolute atomic E-state index is 0.222. The van der Waals surface area contributed by atoms with E-state index in [1.807, 2.05) is 36.4 Å². The smallest absolute Gasteiger partial charge is 0.415 e. The van der Waals surface area contributed by atoms with Crippen molar-refractivity contribution >= 4 is 6.09 Å². The van der Waals surface area contributed by atoms with Crippen molar-refractivity contribution in [3.63, 3.8) is 0 Å². The van der Waals surface area contributed by atoms with Crippen molar-refractivity contribution in [3.8, 4) is 11.5 Å². The monoisotopic (exact) mass is 341 g/mol. The van der Waals surface area contributed by atoms with Crippen LogP contribution in [0.2, 0.25) is 0 Å². The van der Waals surface area contributed by atoms with Gasteiger partial charge in [-0.05, 0) is 35.4 Å². The molecule has 1 saturated heterocycles. The first kappa shape index (κ1) is 17.3. The summed E-state index contributed by atoms with van der Waals surface area (Å²) in [5.74, 6) is 0.784. The van der Waals surface area contributed by atoms with Gasteiger partial charge < -0.3 is 19.5 Å². The van der Waals surface area contributed by atoms with E-state index >= 15 is 0 Å². The summed E-state index contributed by atoms with van der Waals surface area (Å²) < 4.78 is 10.7. The second-order valence-corrected chi connectivity index (χ2v) is 6.66. The Hall–Kier alpha value is -2.53. The predicted octanol–water partition coefficient (Wildman–Crippen LogP) is 3.55. The highest BCUT2D eigenvalue weighted by Crippen LogP contribution is 2.33. The Morgan fingerprint density at radius 2 is 1.52 bits per heavy atom. The summed E-state index contributed by atoms with van der Waals surface area (Å²) in [5.41, 5.74) is 1.98. The van der Waals surface area contributed by atoms with Gasteiger partial charge >= 0.3 is 6.09 Å². The number of nitrogens with zero attached hydrogens (tertiary/aromatic N) is 1. The molecule has 0 aliphatic carbocycles. The third-order valence-corrected chi connectivity index (χ3v) is 4.64. The lowest BCUT2D eigenvalue weighted by Gasteiger charge is -2.27. The van der Waals surface area contributed by atoms with E-state index in [1.165, 1.54) is 0 Å². The minimum atomic E-state index is -0.339. The molecule has 1 aliphatic heterocycles. The molecule has 1 amide bonds. The Kier molecular flexibility index (Phi) is 4.95. The molecular formula is C20H23NO4. The van der Waals surface area contributed by atoms with Crippen LogP contribution < -0.4 is 4.74 Å². The molecule has 5 heteroatoms. The quantitative estimate of drug-likeness (QED) is 0.927. The van der Waals surface area contributed by atoms with E-state index in [-0.39, 0.29) is 17.3 Å². The largest absolute Gasteiger partial charge is 0.508 e. The summed E-state index contributed by atoms with van der Waals surface area (Å²) in [6.07, 6.45) is -0.339. The van der Waals surface area contributed by atoms with Crippen LogP contribution >= 0.6 is 0 Å². The van der Waals surface area contributed by atoms with Gasteiger partial charge in [-0.25, -0.2) is 4.79 Å². The van der Waals surface area contributed by atoms with Crippen LogP contribution in [0.15, 0.2) is 48.5 Å². The molecule has 132 valence electrons. The van der Waals surface area contributed by atoms with Gasteiger partial charge in [0.25, 0.3) is 0 Å². The number of phenolic OH excluding ortho intramolecular Hbond substituents is 1. The van der Waals surface area contributed by atoms with Gasteiger partial charge in [0.05, 0.1) is 13.2 Å². The van der Waals surface area contributed by atoms with Gasteiger partial charge in [-0.3, -0.25) is 0 Å². The van der Waals surface area contributed by atoms with E-state index in [0.29, 0.717) is 32.1 Å². The molecule has 0 saturated carbocycles. The van der Waals surface area contributed by atoms with Crippen LogP contribution in [0.25, 0.3) is 0 Å². The van der Waals surface area contributed by atoms with Crippen LogP contribution in [-0.4, -0.2) is 42.4 Å². The molecule has 0 atom stereocenters. The molecule has 1 N–H and O–H groups in total. The Balaban J connectivity index is 1.70. The lowest BCUT2D eigenvalue weighted by Crippen LogP contribution is -2.42. The van der Waals surface area contributed by atoms with E-state index in [2.05, 4.69) is 13.8 Å². The molecule has 3 rings (SSSR count). The lowest BCUT2D eigenvalue weighted by atomic mass is 9.78. The summed E-state index contributed by atoms with van der Waals surface area (Å²) in [4.78, 5) is 13.8. The number of benzene rings is 2. The number of phenols is 1. The molecule has 0 bridgehead atoms. The SMILES string of the molecule is CC(C)(c1ccc(O)cc1)c1ccc(OC(=O)N2CCOCC2)cc1. The average molecular weight is 341 g/mol. The molecule has 0 aromatic heterocycles. The fourth-order valence-electron chi connectivity index (χ4n) is 2.90. The molecule has 25 heavy (non-hydrogen) atoms. The maximum absolute atomic E-state index is 12.1. The molecule has 2 aromatic carbocycles. The van der Waals surface area contributed by atoms with Crippen molar-refractivity contribution in [2.75, 3.05) is 26.3 Å². The van der Waals surface area contributed by atoms with Crippen molar-refractivity contribution in [3.05, 3.63) is 59.7 Å². The van der Waals surface area contributed by atoms with Crippen LogP contribution in [0.1, 0.15) is 25.0 Å². The van der Waals surface area contributed by atoms with Gasteiger partial charge in [-0.15, -0.1) is 0 Å². The minimum Gasteiger partial charge on any atom is -0.508 e. The van der Waals surface area contributed by atoms with Gasteiger partial charge in [-0.2, -0.15) is 0 Å². The molecule has 0 radical (unpaired) electrons. The molecule has 1 heterocycles. The Morgan fingerprint density at radius 3 is 2.08 bits per heavy atom. The summed E-state index contributed by atoms with van der Waals surface area (Å²) >= 11 is 0. The highest BCUT2D eigenvalue weighted by atomic mass is 16.6. The number of hydrogen-bond acceptors (Lipinski definition) is 4. The Labute approximate surface area is 147 Å². The van der Waals surface area contributed by atoms with Gasteiger partial charge in [0.1, 0.15) is 11.5 Å². The molecule has 5 nitrogen and oxygen atoms in total. The highest BCUT2D eigenvalue weighted by molar-refractivity contribution is 5.70.